The van der Waals surface area contributed by atoms with Gasteiger partial charge in [0, 0.05) is 13.1 Å². The van der Waals surface area contributed by atoms with Crippen molar-refractivity contribution in [1.29, 1.82) is 0 Å². The van der Waals surface area contributed by atoms with Gasteiger partial charge in [0.25, 0.3) is 0 Å². The molecular formula is C15H29NO2. The van der Waals surface area contributed by atoms with Gasteiger partial charge in [0.2, 0.25) is 0 Å². The summed E-state index contributed by atoms with van der Waals surface area (Å²) >= 11 is 0. The second-order valence-corrected chi connectivity index (χ2v) is 6.26. The van der Waals surface area contributed by atoms with E-state index < -0.39 is 0 Å². The number of carbonyl (C=O) groups is 1. The maximum atomic E-state index is 12.0. The van der Waals surface area contributed by atoms with E-state index in [1.807, 2.05) is 4.90 Å². The second-order valence-electron chi connectivity index (χ2n) is 6.26. The van der Waals surface area contributed by atoms with Crippen molar-refractivity contribution in [2.75, 3.05) is 19.7 Å². The number of carbonyl (C=O) groups excluding carboxylic acids is 1. The lowest BCUT2D eigenvalue weighted by atomic mass is 9.78. The average molecular weight is 255 g/mol. The molecule has 18 heavy (non-hydrogen) atoms. The Hall–Kier alpha value is -0.730. The fourth-order valence-corrected chi connectivity index (χ4v) is 2.71. The molecule has 3 heteroatoms. The standard InChI is InChI=1S/C15H29NO2/c1-6-7-14-9-16(8-12(4)13(14)5)15(17)18-10-11(2)3/h11-14H,6-10H2,1-5H3. The molecule has 1 heterocycles. The van der Waals surface area contributed by atoms with Crippen LogP contribution < -0.4 is 0 Å². The van der Waals surface area contributed by atoms with Gasteiger partial charge in [-0.3, -0.25) is 0 Å². The van der Waals surface area contributed by atoms with Crippen LogP contribution in [0.25, 0.3) is 0 Å². The van der Waals surface area contributed by atoms with E-state index in [1.54, 1.807) is 0 Å². The number of ether oxygens (including phenoxy) is 1. The first-order valence-corrected chi connectivity index (χ1v) is 7.37. The first kappa shape index (κ1) is 15.3. The molecule has 3 nitrogen and oxygen atoms in total. The fourth-order valence-electron chi connectivity index (χ4n) is 2.71. The van der Waals surface area contributed by atoms with Gasteiger partial charge in [-0.05, 0) is 30.1 Å². The zero-order chi connectivity index (χ0) is 13.7. The first-order chi connectivity index (χ1) is 8.45. The molecule has 0 saturated carbocycles. The SMILES string of the molecule is CCCC1CN(C(=O)OCC(C)C)CC(C)C1C. The Kier molecular flexibility index (Phi) is 5.97. The lowest BCUT2D eigenvalue weighted by Crippen LogP contribution is -2.47. The van der Waals surface area contributed by atoms with Crippen LogP contribution in [0, 0.1) is 23.7 Å². The maximum absolute atomic E-state index is 12.0. The van der Waals surface area contributed by atoms with Crippen LogP contribution in [0.5, 0.6) is 0 Å². The van der Waals surface area contributed by atoms with E-state index in [-0.39, 0.29) is 6.09 Å². The molecule has 1 amide bonds. The normalized spacial score (nSPS) is 28.6. The van der Waals surface area contributed by atoms with E-state index in [2.05, 4.69) is 34.6 Å². The molecule has 1 saturated heterocycles. The topological polar surface area (TPSA) is 29.5 Å². The molecule has 0 bridgehead atoms. The van der Waals surface area contributed by atoms with Crippen molar-refractivity contribution in [2.45, 2.75) is 47.5 Å². The highest BCUT2D eigenvalue weighted by molar-refractivity contribution is 5.67. The van der Waals surface area contributed by atoms with Gasteiger partial charge in [-0.15, -0.1) is 0 Å². The zero-order valence-electron chi connectivity index (χ0n) is 12.6. The summed E-state index contributed by atoms with van der Waals surface area (Å²) in [6.07, 6.45) is 2.28. The van der Waals surface area contributed by atoms with E-state index in [0.717, 1.165) is 13.1 Å². The quantitative estimate of drug-likeness (QED) is 0.765. The van der Waals surface area contributed by atoms with Crippen LogP contribution in [0.15, 0.2) is 0 Å². The number of hydrogen-bond donors (Lipinski definition) is 0. The molecule has 0 N–H and O–H groups in total. The molecule has 1 aliphatic rings. The molecule has 1 fully saturated rings. The molecule has 0 spiro atoms. The van der Waals surface area contributed by atoms with Crippen LogP contribution in [-0.2, 0) is 4.74 Å². The highest BCUT2D eigenvalue weighted by atomic mass is 16.6. The summed E-state index contributed by atoms with van der Waals surface area (Å²) in [4.78, 5) is 13.9. The molecule has 1 aliphatic heterocycles. The summed E-state index contributed by atoms with van der Waals surface area (Å²) in [6.45, 7) is 13.2. The number of likely N-dealkylation sites (tertiary alicyclic amines) is 1. The van der Waals surface area contributed by atoms with Crippen LogP contribution in [0.3, 0.4) is 0 Å². The molecule has 0 aromatic heterocycles. The Morgan fingerprint density at radius 2 is 2.00 bits per heavy atom. The van der Waals surface area contributed by atoms with E-state index in [4.69, 9.17) is 4.74 Å². The largest absolute Gasteiger partial charge is 0.449 e. The van der Waals surface area contributed by atoms with E-state index in [9.17, 15) is 4.79 Å². The minimum Gasteiger partial charge on any atom is -0.449 e. The Morgan fingerprint density at radius 3 is 2.56 bits per heavy atom. The van der Waals surface area contributed by atoms with Crippen LogP contribution in [0.2, 0.25) is 0 Å². The van der Waals surface area contributed by atoms with Crippen molar-refractivity contribution >= 4 is 6.09 Å². The first-order valence-electron chi connectivity index (χ1n) is 7.37. The van der Waals surface area contributed by atoms with Crippen LogP contribution in [0.4, 0.5) is 4.79 Å². The van der Waals surface area contributed by atoms with Gasteiger partial charge in [-0.1, -0.05) is 41.0 Å². The lowest BCUT2D eigenvalue weighted by molar-refractivity contribution is 0.0427. The number of amides is 1. The predicted octanol–water partition coefficient (Wildman–Crippen LogP) is 3.78. The third-order valence-electron chi connectivity index (χ3n) is 4.06. The number of rotatable bonds is 4. The molecule has 0 aromatic carbocycles. The number of piperidine rings is 1. The van der Waals surface area contributed by atoms with E-state index in [0.29, 0.717) is 30.3 Å². The van der Waals surface area contributed by atoms with Crippen molar-refractivity contribution in [3.8, 4) is 0 Å². The average Bonchev–Trinajstić information content (AvgIpc) is 2.31. The molecule has 3 atom stereocenters. The third-order valence-corrected chi connectivity index (χ3v) is 4.06. The summed E-state index contributed by atoms with van der Waals surface area (Å²) in [7, 11) is 0. The van der Waals surface area contributed by atoms with Gasteiger partial charge in [0.1, 0.15) is 0 Å². The van der Waals surface area contributed by atoms with Gasteiger partial charge in [0.15, 0.2) is 0 Å². The lowest BCUT2D eigenvalue weighted by Gasteiger charge is -2.40. The summed E-state index contributed by atoms with van der Waals surface area (Å²) < 4.78 is 5.34. The van der Waals surface area contributed by atoms with Gasteiger partial charge in [-0.2, -0.15) is 0 Å². The summed E-state index contributed by atoms with van der Waals surface area (Å²) in [5, 5.41) is 0. The zero-order valence-corrected chi connectivity index (χ0v) is 12.6. The fraction of sp³-hybridized carbons (Fsp3) is 0.933. The Balaban J connectivity index is 2.53. The molecule has 0 radical (unpaired) electrons. The van der Waals surface area contributed by atoms with Crippen molar-refractivity contribution in [2.24, 2.45) is 23.7 Å². The van der Waals surface area contributed by atoms with Crippen LogP contribution in [-0.4, -0.2) is 30.7 Å². The van der Waals surface area contributed by atoms with Crippen LogP contribution in [0.1, 0.15) is 47.5 Å². The van der Waals surface area contributed by atoms with Crippen molar-refractivity contribution in [1.82, 2.24) is 4.90 Å². The highest BCUT2D eigenvalue weighted by Crippen LogP contribution is 2.31. The Bertz CT molecular complexity index is 265. The Morgan fingerprint density at radius 1 is 1.33 bits per heavy atom. The van der Waals surface area contributed by atoms with Crippen LogP contribution >= 0.6 is 0 Å². The molecular weight excluding hydrogens is 226 g/mol. The van der Waals surface area contributed by atoms with Crippen molar-refractivity contribution in [3.05, 3.63) is 0 Å². The summed E-state index contributed by atoms with van der Waals surface area (Å²) in [5.41, 5.74) is 0. The van der Waals surface area contributed by atoms with Gasteiger partial charge < -0.3 is 9.64 Å². The third kappa shape index (κ3) is 4.18. The number of nitrogens with zero attached hydrogens (tertiary/aromatic N) is 1. The molecule has 1 rings (SSSR count). The summed E-state index contributed by atoms with van der Waals surface area (Å²) in [6, 6.07) is 0. The predicted molar refractivity (Wildman–Crippen MR) is 74.5 cm³/mol. The molecule has 0 aromatic rings. The molecule has 3 unspecified atom stereocenters. The molecule has 0 aliphatic carbocycles. The van der Waals surface area contributed by atoms with Crippen molar-refractivity contribution in [3.63, 3.8) is 0 Å². The minimum absolute atomic E-state index is 0.122. The van der Waals surface area contributed by atoms with Gasteiger partial charge in [-0.25, -0.2) is 4.79 Å². The Labute approximate surface area is 112 Å². The monoisotopic (exact) mass is 255 g/mol. The van der Waals surface area contributed by atoms with Gasteiger partial charge >= 0.3 is 6.09 Å². The van der Waals surface area contributed by atoms with Crippen molar-refractivity contribution < 1.29 is 9.53 Å². The van der Waals surface area contributed by atoms with E-state index in [1.165, 1.54) is 12.8 Å². The van der Waals surface area contributed by atoms with E-state index >= 15 is 0 Å². The summed E-state index contributed by atoms with van der Waals surface area (Å²) in [5.74, 6) is 2.31. The maximum Gasteiger partial charge on any atom is 0.409 e. The minimum atomic E-state index is -0.122. The highest BCUT2D eigenvalue weighted by Gasteiger charge is 2.33. The second kappa shape index (κ2) is 7.01. The van der Waals surface area contributed by atoms with Gasteiger partial charge in [0.05, 0.1) is 6.61 Å². The smallest absolute Gasteiger partial charge is 0.409 e. The molecule has 106 valence electrons. The number of hydrogen-bond acceptors (Lipinski definition) is 2.